The molecule has 1 aromatic rings. The highest BCUT2D eigenvalue weighted by Crippen LogP contribution is 2.31. The van der Waals surface area contributed by atoms with Crippen molar-refractivity contribution in [3.63, 3.8) is 0 Å². The SMILES string of the molecule is CC(C)C[C@H](N)C(=O)NC1CCN(c2ccccc2OC(F)F)C1. The lowest BCUT2D eigenvalue weighted by atomic mass is 10.0. The summed E-state index contributed by atoms with van der Waals surface area (Å²) in [5, 5.41) is 2.95. The Morgan fingerprint density at radius 2 is 2.12 bits per heavy atom. The second kappa shape index (κ2) is 8.28. The van der Waals surface area contributed by atoms with E-state index < -0.39 is 12.7 Å². The molecule has 24 heavy (non-hydrogen) atoms. The number of benzene rings is 1. The first-order valence-corrected chi connectivity index (χ1v) is 8.21. The molecule has 1 saturated heterocycles. The molecule has 2 rings (SSSR count). The predicted octanol–water partition coefficient (Wildman–Crippen LogP) is 2.36. The van der Waals surface area contributed by atoms with E-state index in [1.54, 1.807) is 18.2 Å². The van der Waals surface area contributed by atoms with Gasteiger partial charge in [-0.1, -0.05) is 26.0 Å². The zero-order chi connectivity index (χ0) is 17.7. The highest BCUT2D eigenvalue weighted by molar-refractivity contribution is 5.82. The van der Waals surface area contributed by atoms with Gasteiger partial charge in [0.1, 0.15) is 5.75 Å². The van der Waals surface area contributed by atoms with Crippen LogP contribution in [-0.4, -0.2) is 37.7 Å². The van der Waals surface area contributed by atoms with Crippen molar-refractivity contribution in [3.05, 3.63) is 24.3 Å². The molecule has 0 saturated carbocycles. The Bertz CT molecular complexity index is 554. The number of ether oxygens (including phenoxy) is 1. The first-order chi connectivity index (χ1) is 11.4. The number of anilines is 1. The summed E-state index contributed by atoms with van der Waals surface area (Å²) in [6.45, 7) is 2.38. The van der Waals surface area contributed by atoms with E-state index in [-0.39, 0.29) is 17.7 Å². The van der Waals surface area contributed by atoms with Gasteiger partial charge in [-0.3, -0.25) is 4.79 Å². The number of halogens is 2. The Balaban J connectivity index is 1.95. The fourth-order valence-electron chi connectivity index (χ4n) is 2.93. The molecule has 0 bridgehead atoms. The van der Waals surface area contributed by atoms with Crippen LogP contribution >= 0.6 is 0 Å². The van der Waals surface area contributed by atoms with E-state index in [4.69, 9.17) is 5.73 Å². The number of nitrogens with zero attached hydrogens (tertiary/aromatic N) is 1. The van der Waals surface area contributed by atoms with E-state index in [0.29, 0.717) is 31.1 Å². The summed E-state index contributed by atoms with van der Waals surface area (Å²) in [6, 6.07) is 6.13. The number of nitrogens with one attached hydrogen (secondary N) is 1. The van der Waals surface area contributed by atoms with Crippen LogP contribution < -0.4 is 20.7 Å². The van der Waals surface area contributed by atoms with Crippen LogP contribution in [0.3, 0.4) is 0 Å². The molecule has 7 heteroatoms. The van der Waals surface area contributed by atoms with Crippen LogP contribution in [0.15, 0.2) is 24.3 Å². The Kier molecular flexibility index (Phi) is 6.36. The Morgan fingerprint density at radius 1 is 1.42 bits per heavy atom. The average Bonchev–Trinajstić information content (AvgIpc) is 2.94. The van der Waals surface area contributed by atoms with Crippen LogP contribution in [0.4, 0.5) is 14.5 Å². The molecule has 1 heterocycles. The molecule has 2 atom stereocenters. The molecule has 5 nitrogen and oxygen atoms in total. The molecule has 1 aliphatic rings. The molecule has 1 aliphatic heterocycles. The third-order valence-corrected chi connectivity index (χ3v) is 4.02. The minimum Gasteiger partial charge on any atom is -0.433 e. The second-order valence-corrected chi connectivity index (χ2v) is 6.52. The first kappa shape index (κ1) is 18.4. The smallest absolute Gasteiger partial charge is 0.387 e. The van der Waals surface area contributed by atoms with Crippen LogP contribution in [0.1, 0.15) is 26.7 Å². The van der Waals surface area contributed by atoms with Crippen molar-refractivity contribution in [1.29, 1.82) is 0 Å². The van der Waals surface area contributed by atoms with Gasteiger partial charge in [0, 0.05) is 19.1 Å². The van der Waals surface area contributed by atoms with Crippen LogP contribution in [0.2, 0.25) is 0 Å². The lowest BCUT2D eigenvalue weighted by Crippen LogP contribution is -2.46. The molecule has 1 fully saturated rings. The van der Waals surface area contributed by atoms with Gasteiger partial charge in [-0.15, -0.1) is 0 Å². The molecular weight excluding hydrogens is 316 g/mol. The first-order valence-electron chi connectivity index (χ1n) is 8.21. The predicted molar refractivity (Wildman–Crippen MR) is 89.3 cm³/mol. The largest absolute Gasteiger partial charge is 0.433 e. The fourth-order valence-corrected chi connectivity index (χ4v) is 2.93. The number of carbonyl (C=O) groups is 1. The summed E-state index contributed by atoms with van der Waals surface area (Å²) >= 11 is 0. The molecule has 0 aliphatic carbocycles. The third kappa shape index (κ3) is 5.06. The molecule has 134 valence electrons. The van der Waals surface area contributed by atoms with E-state index in [1.807, 2.05) is 18.7 Å². The van der Waals surface area contributed by atoms with Gasteiger partial charge in [-0.05, 0) is 30.9 Å². The number of hydrogen-bond donors (Lipinski definition) is 2. The molecule has 1 unspecified atom stereocenters. The summed E-state index contributed by atoms with van der Waals surface area (Å²) in [7, 11) is 0. The monoisotopic (exact) mass is 341 g/mol. The van der Waals surface area contributed by atoms with Crippen molar-refractivity contribution in [2.75, 3.05) is 18.0 Å². The maximum atomic E-state index is 12.5. The summed E-state index contributed by atoms with van der Waals surface area (Å²) < 4.78 is 29.6. The van der Waals surface area contributed by atoms with Crippen molar-refractivity contribution >= 4 is 11.6 Å². The number of alkyl halides is 2. The summed E-state index contributed by atoms with van der Waals surface area (Å²) in [6.07, 6.45) is 1.37. The van der Waals surface area contributed by atoms with Gasteiger partial charge in [0.05, 0.1) is 11.7 Å². The third-order valence-electron chi connectivity index (χ3n) is 4.02. The van der Waals surface area contributed by atoms with E-state index in [9.17, 15) is 13.6 Å². The van der Waals surface area contributed by atoms with Gasteiger partial charge in [0.25, 0.3) is 0 Å². The minimum absolute atomic E-state index is 0.0460. The van der Waals surface area contributed by atoms with Crippen LogP contribution in [0.5, 0.6) is 5.75 Å². The number of nitrogens with two attached hydrogens (primary N) is 1. The highest BCUT2D eigenvalue weighted by Gasteiger charge is 2.27. The Hall–Kier alpha value is -1.89. The van der Waals surface area contributed by atoms with Gasteiger partial charge >= 0.3 is 6.61 Å². The van der Waals surface area contributed by atoms with E-state index >= 15 is 0 Å². The van der Waals surface area contributed by atoms with Crippen LogP contribution in [0.25, 0.3) is 0 Å². The zero-order valence-corrected chi connectivity index (χ0v) is 14.0. The summed E-state index contributed by atoms with van der Waals surface area (Å²) in [5.41, 5.74) is 6.50. The summed E-state index contributed by atoms with van der Waals surface area (Å²) in [4.78, 5) is 14.1. The number of hydrogen-bond acceptors (Lipinski definition) is 4. The molecule has 0 radical (unpaired) electrons. The van der Waals surface area contributed by atoms with Crippen molar-refractivity contribution in [2.45, 2.75) is 45.4 Å². The maximum Gasteiger partial charge on any atom is 0.387 e. The second-order valence-electron chi connectivity index (χ2n) is 6.52. The van der Waals surface area contributed by atoms with Crippen LogP contribution in [-0.2, 0) is 4.79 Å². The lowest BCUT2D eigenvalue weighted by Gasteiger charge is -2.22. The molecule has 0 aromatic heterocycles. The van der Waals surface area contributed by atoms with Gasteiger partial charge in [-0.25, -0.2) is 0 Å². The maximum absolute atomic E-state index is 12.5. The topological polar surface area (TPSA) is 67.6 Å². The van der Waals surface area contributed by atoms with E-state index in [0.717, 1.165) is 6.42 Å². The normalized spacial score (nSPS) is 19.0. The standard InChI is InChI=1S/C17H25F2N3O2/c1-11(2)9-13(20)16(23)21-12-7-8-22(10-12)14-5-3-4-6-15(14)24-17(18)19/h3-6,11-13,17H,7-10,20H2,1-2H3,(H,21,23)/t12?,13-/m0/s1. The summed E-state index contributed by atoms with van der Waals surface area (Å²) in [5.74, 6) is 0.341. The lowest BCUT2D eigenvalue weighted by molar-refractivity contribution is -0.123. The number of amides is 1. The number of carbonyl (C=O) groups excluding carboxylic acids is 1. The van der Waals surface area contributed by atoms with E-state index in [1.165, 1.54) is 6.07 Å². The zero-order valence-electron chi connectivity index (χ0n) is 14.0. The van der Waals surface area contributed by atoms with Crippen molar-refractivity contribution < 1.29 is 18.3 Å². The molecule has 3 N–H and O–H groups in total. The van der Waals surface area contributed by atoms with Crippen molar-refractivity contribution in [2.24, 2.45) is 11.7 Å². The minimum atomic E-state index is -2.86. The number of rotatable bonds is 7. The fraction of sp³-hybridized carbons (Fsp3) is 0.588. The highest BCUT2D eigenvalue weighted by atomic mass is 19.3. The molecule has 0 spiro atoms. The van der Waals surface area contributed by atoms with Crippen molar-refractivity contribution in [1.82, 2.24) is 5.32 Å². The Labute approximate surface area is 141 Å². The Morgan fingerprint density at radius 3 is 2.79 bits per heavy atom. The molecule has 1 amide bonds. The van der Waals surface area contributed by atoms with Gasteiger partial charge in [0.2, 0.25) is 5.91 Å². The number of para-hydroxylation sites is 2. The van der Waals surface area contributed by atoms with Gasteiger partial charge in [0.15, 0.2) is 0 Å². The molecule has 1 aromatic carbocycles. The van der Waals surface area contributed by atoms with Gasteiger partial charge in [-0.2, -0.15) is 8.78 Å². The van der Waals surface area contributed by atoms with Gasteiger partial charge < -0.3 is 20.7 Å². The molecular formula is C17H25F2N3O2. The van der Waals surface area contributed by atoms with E-state index in [2.05, 4.69) is 10.1 Å². The average molecular weight is 341 g/mol. The van der Waals surface area contributed by atoms with Crippen molar-refractivity contribution in [3.8, 4) is 5.75 Å². The quantitative estimate of drug-likeness (QED) is 0.799. The van der Waals surface area contributed by atoms with Crippen LogP contribution in [0, 0.1) is 5.92 Å².